The molecule has 1 N–H and O–H groups in total. The lowest BCUT2D eigenvalue weighted by Gasteiger charge is -2.10. The lowest BCUT2D eigenvalue weighted by Crippen LogP contribution is -2.01. The molecule has 0 radical (unpaired) electrons. The van der Waals surface area contributed by atoms with Gasteiger partial charge in [-0.2, -0.15) is 0 Å². The van der Waals surface area contributed by atoms with E-state index in [1.165, 1.54) is 12.1 Å². The van der Waals surface area contributed by atoms with Gasteiger partial charge in [-0.3, -0.25) is 4.79 Å². The molecule has 2 aromatic rings. The highest BCUT2D eigenvalue weighted by atomic mass is 19.1. The molecular weight excluding hydrogens is 245 g/mol. The molecule has 0 atom stereocenters. The molecule has 0 saturated heterocycles. The van der Waals surface area contributed by atoms with Crippen LogP contribution in [0.25, 0.3) is 5.69 Å². The number of carboxylic acids is 1. The van der Waals surface area contributed by atoms with Crippen molar-refractivity contribution in [2.45, 2.75) is 26.7 Å². The first-order chi connectivity index (χ1) is 8.99. The molecule has 0 unspecified atom stereocenters. The average molecular weight is 261 g/mol. The van der Waals surface area contributed by atoms with E-state index < -0.39 is 5.97 Å². The van der Waals surface area contributed by atoms with Crippen molar-refractivity contribution in [1.82, 2.24) is 4.57 Å². The number of benzene rings is 1. The molecule has 2 rings (SSSR count). The van der Waals surface area contributed by atoms with Crippen LogP contribution < -0.4 is 0 Å². The molecule has 0 fully saturated rings. The Kier molecular flexibility index (Phi) is 3.69. The highest BCUT2D eigenvalue weighted by Crippen LogP contribution is 2.22. The summed E-state index contributed by atoms with van der Waals surface area (Å²) in [6.07, 6.45) is 0.595. The fourth-order valence-electron chi connectivity index (χ4n) is 2.34. The van der Waals surface area contributed by atoms with Crippen LogP contribution in [0.4, 0.5) is 4.39 Å². The predicted molar refractivity (Wildman–Crippen MR) is 71.2 cm³/mol. The summed E-state index contributed by atoms with van der Waals surface area (Å²) in [5, 5.41) is 8.74. The van der Waals surface area contributed by atoms with Crippen LogP contribution in [-0.4, -0.2) is 15.6 Å². The third-order valence-electron chi connectivity index (χ3n) is 3.21. The Bertz CT molecular complexity index is 617. The third-order valence-corrected chi connectivity index (χ3v) is 3.21. The van der Waals surface area contributed by atoms with E-state index in [1.807, 2.05) is 30.5 Å². The fourth-order valence-corrected chi connectivity index (χ4v) is 2.34. The zero-order valence-corrected chi connectivity index (χ0v) is 11.0. The van der Waals surface area contributed by atoms with E-state index in [0.29, 0.717) is 6.42 Å². The number of carbonyl (C=O) groups is 1. The molecule has 1 heterocycles. The second-order valence-electron chi connectivity index (χ2n) is 4.61. The minimum atomic E-state index is -0.810. The molecule has 0 aliphatic heterocycles. The Hall–Kier alpha value is -2.10. The van der Waals surface area contributed by atoms with Gasteiger partial charge in [-0.05, 0) is 50.1 Å². The van der Waals surface area contributed by atoms with Gasteiger partial charge in [0.05, 0.1) is 0 Å². The van der Waals surface area contributed by atoms with Crippen molar-refractivity contribution in [3.63, 3.8) is 0 Å². The van der Waals surface area contributed by atoms with Crippen LogP contribution in [0.3, 0.4) is 0 Å². The van der Waals surface area contributed by atoms with Gasteiger partial charge in [0.1, 0.15) is 5.82 Å². The van der Waals surface area contributed by atoms with E-state index >= 15 is 0 Å². The molecule has 3 nitrogen and oxygen atoms in total. The summed E-state index contributed by atoms with van der Waals surface area (Å²) < 4.78 is 15.2. The third kappa shape index (κ3) is 2.84. The van der Waals surface area contributed by atoms with Crippen molar-refractivity contribution in [1.29, 1.82) is 0 Å². The Morgan fingerprint density at radius 3 is 2.68 bits per heavy atom. The number of hydrogen-bond acceptors (Lipinski definition) is 1. The van der Waals surface area contributed by atoms with Crippen molar-refractivity contribution in [3.8, 4) is 5.69 Å². The van der Waals surface area contributed by atoms with E-state index in [1.54, 1.807) is 6.07 Å². The minimum absolute atomic E-state index is 0.105. The number of aryl methyl sites for hydroxylation is 2. The maximum Gasteiger partial charge on any atom is 0.303 e. The number of aliphatic carboxylic acids is 1. The van der Waals surface area contributed by atoms with E-state index in [2.05, 4.69) is 0 Å². The zero-order valence-electron chi connectivity index (χ0n) is 11.0. The molecule has 100 valence electrons. The van der Waals surface area contributed by atoms with Crippen LogP contribution in [0.1, 0.15) is 23.4 Å². The molecule has 0 saturated carbocycles. The second kappa shape index (κ2) is 5.26. The van der Waals surface area contributed by atoms with Crippen molar-refractivity contribution < 1.29 is 14.3 Å². The molecule has 0 aliphatic rings. The summed E-state index contributed by atoms with van der Waals surface area (Å²) in [6.45, 7) is 3.86. The van der Waals surface area contributed by atoms with Gasteiger partial charge in [0.25, 0.3) is 0 Å². The summed E-state index contributed by atoms with van der Waals surface area (Å²) in [5.74, 6) is -1.09. The summed E-state index contributed by atoms with van der Waals surface area (Å²) in [7, 11) is 0. The van der Waals surface area contributed by atoms with E-state index in [-0.39, 0.29) is 12.2 Å². The van der Waals surface area contributed by atoms with Crippen molar-refractivity contribution >= 4 is 5.97 Å². The van der Waals surface area contributed by atoms with Gasteiger partial charge in [-0.25, -0.2) is 4.39 Å². The predicted octanol–water partition coefficient (Wildman–Crippen LogP) is 3.25. The first-order valence-corrected chi connectivity index (χ1v) is 6.14. The number of hydrogen-bond donors (Lipinski definition) is 1. The van der Waals surface area contributed by atoms with Crippen LogP contribution in [0.5, 0.6) is 0 Å². The Balaban J connectivity index is 2.39. The fraction of sp³-hybridized carbons (Fsp3) is 0.267. The van der Waals surface area contributed by atoms with E-state index in [9.17, 15) is 9.18 Å². The highest BCUT2D eigenvalue weighted by Gasteiger charge is 2.12. The SMILES string of the molecule is Cc1cc(CCC(=O)O)c(C)n1-c1cccc(F)c1. The van der Waals surface area contributed by atoms with Gasteiger partial charge in [0, 0.05) is 23.5 Å². The Morgan fingerprint density at radius 2 is 2.05 bits per heavy atom. The maximum atomic E-state index is 13.3. The number of rotatable bonds is 4. The monoisotopic (exact) mass is 261 g/mol. The Morgan fingerprint density at radius 1 is 1.32 bits per heavy atom. The van der Waals surface area contributed by atoms with E-state index in [0.717, 1.165) is 22.6 Å². The van der Waals surface area contributed by atoms with Gasteiger partial charge in [-0.1, -0.05) is 6.07 Å². The second-order valence-corrected chi connectivity index (χ2v) is 4.61. The van der Waals surface area contributed by atoms with Gasteiger partial charge in [0.15, 0.2) is 0 Å². The van der Waals surface area contributed by atoms with Crippen molar-refractivity contribution in [3.05, 3.63) is 53.1 Å². The average Bonchev–Trinajstić information content (AvgIpc) is 2.62. The maximum absolute atomic E-state index is 13.3. The van der Waals surface area contributed by atoms with Gasteiger partial charge >= 0.3 is 5.97 Å². The smallest absolute Gasteiger partial charge is 0.303 e. The van der Waals surface area contributed by atoms with Crippen LogP contribution in [0, 0.1) is 19.7 Å². The normalized spacial score (nSPS) is 10.7. The molecular formula is C15H16FNO2. The molecule has 0 aliphatic carbocycles. The molecule has 0 amide bonds. The zero-order chi connectivity index (χ0) is 14.0. The van der Waals surface area contributed by atoms with Crippen LogP contribution in [-0.2, 0) is 11.2 Å². The first kappa shape index (κ1) is 13.3. The molecule has 1 aromatic heterocycles. The van der Waals surface area contributed by atoms with Crippen LogP contribution in [0.15, 0.2) is 30.3 Å². The quantitative estimate of drug-likeness (QED) is 0.918. The van der Waals surface area contributed by atoms with Crippen molar-refractivity contribution in [2.75, 3.05) is 0 Å². The number of nitrogens with zero attached hydrogens (tertiary/aromatic N) is 1. The topological polar surface area (TPSA) is 42.2 Å². The Labute approximate surface area is 111 Å². The van der Waals surface area contributed by atoms with Gasteiger partial charge < -0.3 is 9.67 Å². The van der Waals surface area contributed by atoms with Gasteiger partial charge in [-0.15, -0.1) is 0 Å². The molecule has 0 bridgehead atoms. The highest BCUT2D eigenvalue weighted by molar-refractivity contribution is 5.67. The van der Waals surface area contributed by atoms with Crippen LogP contribution in [0.2, 0.25) is 0 Å². The summed E-state index contributed by atoms with van der Waals surface area (Å²) in [5.41, 5.74) is 3.69. The van der Waals surface area contributed by atoms with Crippen molar-refractivity contribution in [2.24, 2.45) is 0 Å². The number of aromatic nitrogens is 1. The summed E-state index contributed by atoms with van der Waals surface area (Å²) in [6, 6.07) is 8.34. The van der Waals surface area contributed by atoms with Gasteiger partial charge in [0.2, 0.25) is 0 Å². The lowest BCUT2D eigenvalue weighted by atomic mass is 10.1. The minimum Gasteiger partial charge on any atom is -0.481 e. The molecule has 19 heavy (non-hydrogen) atoms. The molecule has 0 spiro atoms. The standard InChI is InChI=1S/C15H16FNO2/c1-10-8-12(6-7-15(18)19)11(2)17(10)14-5-3-4-13(16)9-14/h3-5,8-9H,6-7H2,1-2H3,(H,18,19). The largest absolute Gasteiger partial charge is 0.481 e. The summed E-state index contributed by atoms with van der Waals surface area (Å²) >= 11 is 0. The first-order valence-electron chi connectivity index (χ1n) is 6.14. The lowest BCUT2D eigenvalue weighted by molar-refractivity contribution is -0.136. The molecule has 1 aromatic carbocycles. The van der Waals surface area contributed by atoms with E-state index in [4.69, 9.17) is 5.11 Å². The summed E-state index contributed by atoms with van der Waals surface area (Å²) in [4.78, 5) is 10.6. The molecule has 4 heteroatoms. The number of carboxylic acid groups (broad SMARTS) is 1. The van der Waals surface area contributed by atoms with Crippen LogP contribution >= 0.6 is 0 Å². The number of halogens is 1.